The van der Waals surface area contributed by atoms with Gasteiger partial charge in [0.15, 0.2) is 0 Å². The van der Waals surface area contributed by atoms with E-state index in [1.54, 1.807) is 18.5 Å². The third-order valence-corrected chi connectivity index (χ3v) is 3.90. The lowest BCUT2D eigenvalue weighted by atomic mass is 9.99. The maximum atomic E-state index is 12.3. The molecule has 2 heterocycles. The highest BCUT2D eigenvalue weighted by Gasteiger charge is 2.19. The minimum Gasteiger partial charge on any atom is -0.354 e. The monoisotopic (exact) mass is 296 g/mol. The van der Waals surface area contributed by atoms with Crippen LogP contribution in [0.4, 0.5) is 5.95 Å². The Hall–Kier alpha value is -2.43. The number of nitrogens with zero attached hydrogens (tertiary/aromatic N) is 3. The summed E-state index contributed by atoms with van der Waals surface area (Å²) in [5, 5.41) is 3.13. The molecule has 1 aliphatic heterocycles. The predicted octanol–water partition coefficient (Wildman–Crippen LogP) is 2.25. The van der Waals surface area contributed by atoms with Gasteiger partial charge in [-0.25, -0.2) is 9.97 Å². The average Bonchev–Trinajstić information content (AvgIpc) is 2.59. The van der Waals surface area contributed by atoms with Crippen LogP contribution in [0.25, 0.3) is 0 Å². The summed E-state index contributed by atoms with van der Waals surface area (Å²) in [5.74, 6) is 0.840. The molecule has 5 heteroatoms. The molecule has 0 saturated carbocycles. The fourth-order valence-corrected chi connectivity index (χ4v) is 2.70. The lowest BCUT2D eigenvalue weighted by Crippen LogP contribution is -2.36. The first kappa shape index (κ1) is 14.5. The maximum absolute atomic E-state index is 12.3. The van der Waals surface area contributed by atoms with Crippen LogP contribution in [-0.4, -0.2) is 33.9 Å². The second kappa shape index (κ2) is 7.02. The molecule has 3 rings (SSSR count). The van der Waals surface area contributed by atoms with Crippen molar-refractivity contribution in [3.05, 3.63) is 53.9 Å². The van der Waals surface area contributed by atoms with Gasteiger partial charge in [0.05, 0.1) is 0 Å². The summed E-state index contributed by atoms with van der Waals surface area (Å²) in [4.78, 5) is 22.4. The number of hydrogen-bond acceptors (Lipinski definition) is 4. The SMILES string of the molecule is O=C(CCCNc1ncccn1)N1CCc2ccccc2C1. The van der Waals surface area contributed by atoms with Crippen LogP contribution in [0.2, 0.25) is 0 Å². The standard InChI is InChI=1S/C17H20N4O/c22-16(7-3-9-18-17-19-10-4-11-20-17)21-12-8-14-5-1-2-6-15(14)13-21/h1-2,4-6,10-11H,3,7-9,12-13H2,(H,18,19,20). The van der Waals surface area contributed by atoms with Crippen molar-refractivity contribution in [3.8, 4) is 0 Å². The van der Waals surface area contributed by atoms with Crippen molar-refractivity contribution in [2.45, 2.75) is 25.8 Å². The van der Waals surface area contributed by atoms with E-state index in [-0.39, 0.29) is 5.91 Å². The summed E-state index contributed by atoms with van der Waals surface area (Å²) in [6.45, 7) is 2.27. The van der Waals surface area contributed by atoms with E-state index in [1.807, 2.05) is 11.0 Å². The number of hydrogen-bond donors (Lipinski definition) is 1. The van der Waals surface area contributed by atoms with Crippen molar-refractivity contribution in [2.24, 2.45) is 0 Å². The number of aromatic nitrogens is 2. The highest BCUT2D eigenvalue weighted by atomic mass is 16.2. The lowest BCUT2D eigenvalue weighted by Gasteiger charge is -2.29. The topological polar surface area (TPSA) is 58.1 Å². The summed E-state index contributed by atoms with van der Waals surface area (Å²) in [6, 6.07) is 10.1. The summed E-state index contributed by atoms with van der Waals surface area (Å²) in [7, 11) is 0. The molecule has 114 valence electrons. The van der Waals surface area contributed by atoms with Crippen molar-refractivity contribution >= 4 is 11.9 Å². The molecule has 22 heavy (non-hydrogen) atoms. The van der Waals surface area contributed by atoms with Crippen LogP contribution in [0.5, 0.6) is 0 Å². The minimum absolute atomic E-state index is 0.227. The fraction of sp³-hybridized carbons (Fsp3) is 0.353. The Morgan fingerprint density at radius 2 is 1.91 bits per heavy atom. The van der Waals surface area contributed by atoms with Crippen LogP contribution in [0.1, 0.15) is 24.0 Å². The molecule has 1 N–H and O–H groups in total. The van der Waals surface area contributed by atoms with Gasteiger partial charge in [-0.05, 0) is 30.0 Å². The highest BCUT2D eigenvalue weighted by molar-refractivity contribution is 5.76. The van der Waals surface area contributed by atoms with Gasteiger partial charge in [0.25, 0.3) is 0 Å². The molecule has 1 aromatic carbocycles. The molecular formula is C17H20N4O. The maximum Gasteiger partial charge on any atom is 0.222 e. The number of rotatable bonds is 5. The molecule has 0 atom stereocenters. The van der Waals surface area contributed by atoms with Gasteiger partial charge in [-0.3, -0.25) is 4.79 Å². The van der Waals surface area contributed by atoms with Crippen molar-refractivity contribution in [1.82, 2.24) is 14.9 Å². The number of fused-ring (bicyclic) bond motifs is 1. The Morgan fingerprint density at radius 1 is 1.14 bits per heavy atom. The van der Waals surface area contributed by atoms with Crippen LogP contribution in [-0.2, 0) is 17.8 Å². The first-order valence-corrected chi connectivity index (χ1v) is 7.68. The zero-order valence-corrected chi connectivity index (χ0v) is 12.5. The van der Waals surface area contributed by atoms with Crippen LogP contribution in [0, 0.1) is 0 Å². The first-order chi connectivity index (χ1) is 10.8. The van der Waals surface area contributed by atoms with Crippen molar-refractivity contribution in [3.63, 3.8) is 0 Å². The summed E-state index contributed by atoms with van der Waals surface area (Å²) in [6.07, 6.45) is 5.70. The normalized spacial score (nSPS) is 13.5. The Labute approximate surface area is 130 Å². The second-order valence-electron chi connectivity index (χ2n) is 5.44. The predicted molar refractivity (Wildman–Crippen MR) is 85.3 cm³/mol. The van der Waals surface area contributed by atoms with Crippen molar-refractivity contribution in [1.29, 1.82) is 0 Å². The average molecular weight is 296 g/mol. The Morgan fingerprint density at radius 3 is 2.73 bits per heavy atom. The molecule has 1 amide bonds. The molecule has 0 unspecified atom stereocenters. The summed E-state index contributed by atoms with van der Waals surface area (Å²) in [5.41, 5.74) is 2.65. The van der Waals surface area contributed by atoms with Crippen LogP contribution in [0.3, 0.4) is 0 Å². The van der Waals surface area contributed by atoms with Gasteiger partial charge in [-0.2, -0.15) is 0 Å². The molecule has 0 aliphatic carbocycles. The number of benzene rings is 1. The van der Waals surface area contributed by atoms with Gasteiger partial charge in [-0.1, -0.05) is 24.3 Å². The first-order valence-electron chi connectivity index (χ1n) is 7.68. The van der Waals surface area contributed by atoms with E-state index in [1.165, 1.54) is 11.1 Å². The second-order valence-corrected chi connectivity index (χ2v) is 5.44. The molecule has 2 aromatic rings. The van der Waals surface area contributed by atoms with Gasteiger partial charge < -0.3 is 10.2 Å². The van der Waals surface area contributed by atoms with Crippen LogP contribution >= 0.6 is 0 Å². The van der Waals surface area contributed by atoms with E-state index in [4.69, 9.17) is 0 Å². The molecule has 0 spiro atoms. The molecule has 1 aromatic heterocycles. The highest BCUT2D eigenvalue weighted by Crippen LogP contribution is 2.19. The van der Waals surface area contributed by atoms with Crippen molar-refractivity contribution in [2.75, 3.05) is 18.4 Å². The van der Waals surface area contributed by atoms with E-state index in [0.717, 1.165) is 25.9 Å². The number of carbonyl (C=O) groups excluding carboxylic acids is 1. The van der Waals surface area contributed by atoms with Gasteiger partial charge in [0.1, 0.15) is 0 Å². The quantitative estimate of drug-likeness (QED) is 0.860. The molecule has 0 radical (unpaired) electrons. The van der Waals surface area contributed by atoms with Gasteiger partial charge in [0.2, 0.25) is 11.9 Å². The van der Waals surface area contributed by atoms with Gasteiger partial charge >= 0.3 is 0 Å². The molecule has 1 aliphatic rings. The van der Waals surface area contributed by atoms with E-state index in [2.05, 4.69) is 33.5 Å². The molecule has 0 bridgehead atoms. The van der Waals surface area contributed by atoms with Crippen LogP contribution < -0.4 is 5.32 Å². The third kappa shape index (κ3) is 3.61. The van der Waals surface area contributed by atoms with E-state index >= 15 is 0 Å². The summed E-state index contributed by atoms with van der Waals surface area (Å²) >= 11 is 0. The third-order valence-electron chi connectivity index (χ3n) is 3.90. The number of anilines is 1. The summed E-state index contributed by atoms with van der Waals surface area (Å²) < 4.78 is 0. The zero-order valence-electron chi connectivity index (χ0n) is 12.5. The molecule has 0 fully saturated rings. The largest absolute Gasteiger partial charge is 0.354 e. The van der Waals surface area contributed by atoms with E-state index in [0.29, 0.717) is 18.9 Å². The van der Waals surface area contributed by atoms with E-state index < -0.39 is 0 Å². The number of carbonyl (C=O) groups is 1. The minimum atomic E-state index is 0.227. The zero-order chi connectivity index (χ0) is 15.2. The molecule has 5 nitrogen and oxygen atoms in total. The number of amides is 1. The van der Waals surface area contributed by atoms with E-state index in [9.17, 15) is 4.79 Å². The fourth-order valence-electron chi connectivity index (χ4n) is 2.70. The van der Waals surface area contributed by atoms with Gasteiger partial charge in [-0.15, -0.1) is 0 Å². The Balaban J connectivity index is 1.43. The van der Waals surface area contributed by atoms with Crippen molar-refractivity contribution < 1.29 is 4.79 Å². The van der Waals surface area contributed by atoms with Crippen LogP contribution in [0.15, 0.2) is 42.7 Å². The van der Waals surface area contributed by atoms with Gasteiger partial charge in [0, 0.05) is 38.4 Å². The smallest absolute Gasteiger partial charge is 0.222 e. The Kier molecular flexibility index (Phi) is 4.63. The Bertz CT molecular complexity index is 630. The lowest BCUT2D eigenvalue weighted by molar-refractivity contribution is -0.132. The number of nitrogens with one attached hydrogen (secondary N) is 1. The molecular weight excluding hydrogens is 276 g/mol. The molecule has 0 saturated heterocycles.